The number of nitrogens with two attached hydrogens (primary N) is 1. The molecule has 1 heterocycles. The van der Waals surface area contributed by atoms with Crippen LogP contribution in [0.4, 0.5) is 13.2 Å². The number of aromatic nitrogens is 2. The molecule has 0 atom stereocenters. The number of aryl methyl sites for hydroxylation is 2. The molecule has 0 bridgehead atoms. The largest absolute Gasteiger partial charge is 0.435 e. The average Bonchev–Trinajstić information content (AvgIpc) is 2.87. The fourth-order valence-corrected chi connectivity index (χ4v) is 1.83. The SMILES string of the molecule is Cc1ccc(C(=O)O/N=C(\N)Cn2nc(C(F)(F)F)cc2C)cc1. The summed E-state index contributed by atoms with van der Waals surface area (Å²) in [4.78, 5) is 16.4. The van der Waals surface area contributed by atoms with Gasteiger partial charge >= 0.3 is 12.1 Å². The summed E-state index contributed by atoms with van der Waals surface area (Å²) in [6.07, 6.45) is -4.54. The highest BCUT2D eigenvalue weighted by atomic mass is 19.4. The number of nitrogens with zero attached hydrogens (tertiary/aromatic N) is 3. The second kappa shape index (κ2) is 6.73. The van der Waals surface area contributed by atoms with Crippen molar-refractivity contribution in [2.45, 2.75) is 26.6 Å². The minimum absolute atomic E-state index is 0.185. The molecule has 6 nitrogen and oxygen atoms in total. The lowest BCUT2D eigenvalue weighted by Gasteiger charge is -2.04. The van der Waals surface area contributed by atoms with Gasteiger partial charge in [-0.3, -0.25) is 4.68 Å². The maximum Gasteiger partial charge on any atom is 0.435 e. The Balaban J connectivity index is 2.03. The molecule has 0 saturated carbocycles. The average molecular weight is 340 g/mol. The Labute approximate surface area is 135 Å². The first-order chi connectivity index (χ1) is 11.2. The van der Waals surface area contributed by atoms with Crippen LogP contribution < -0.4 is 5.73 Å². The third kappa shape index (κ3) is 4.34. The molecule has 2 aromatic rings. The number of alkyl halides is 3. The molecule has 2 N–H and O–H groups in total. The maximum atomic E-state index is 12.6. The molecule has 0 amide bonds. The summed E-state index contributed by atoms with van der Waals surface area (Å²) in [6.45, 7) is 3.09. The number of carbonyl (C=O) groups is 1. The van der Waals surface area contributed by atoms with Crippen LogP contribution in [-0.4, -0.2) is 21.6 Å². The first kappa shape index (κ1) is 17.5. The summed E-state index contributed by atoms with van der Waals surface area (Å²) >= 11 is 0. The quantitative estimate of drug-likeness (QED) is 0.401. The van der Waals surface area contributed by atoms with Gasteiger partial charge in [-0.2, -0.15) is 18.3 Å². The van der Waals surface area contributed by atoms with Gasteiger partial charge in [-0.25, -0.2) is 4.79 Å². The summed E-state index contributed by atoms with van der Waals surface area (Å²) in [5.74, 6) is -0.901. The first-order valence-corrected chi connectivity index (χ1v) is 6.89. The molecule has 0 spiro atoms. The summed E-state index contributed by atoms with van der Waals surface area (Å²) < 4.78 is 38.8. The van der Waals surface area contributed by atoms with Gasteiger partial charge in [0.05, 0.1) is 5.56 Å². The summed E-state index contributed by atoms with van der Waals surface area (Å²) in [7, 11) is 0. The molecule has 9 heteroatoms. The molecule has 0 radical (unpaired) electrons. The van der Waals surface area contributed by atoms with Gasteiger partial charge in [-0.1, -0.05) is 22.9 Å². The molecule has 0 unspecified atom stereocenters. The Hall–Kier alpha value is -2.84. The van der Waals surface area contributed by atoms with Crippen LogP contribution in [0.3, 0.4) is 0 Å². The third-order valence-electron chi connectivity index (χ3n) is 3.12. The second-order valence-corrected chi connectivity index (χ2v) is 5.15. The van der Waals surface area contributed by atoms with E-state index in [2.05, 4.69) is 15.1 Å². The van der Waals surface area contributed by atoms with Crippen molar-refractivity contribution in [1.29, 1.82) is 0 Å². The van der Waals surface area contributed by atoms with E-state index >= 15 is 0 Å². The predicted octanol–water partition coefficient (Wildman–Crippen LogP) is 2.65. The third-order valence-corrected chi connectivity index (χ3v) is 3.12. The number of hydrogen-bond donors (Lipinski definition) is 1. The lowest BCUT2D eigenvalue weighted by molar-refractivity contribution is -0.141. The van der Waals surface area contributed by atoms with E-state index in [1.165, 1.54) is 6.92 Å². The van der Waals surface area contributed by atoms with Crippen molar-refractivity contribution < 1.29 is 22.8 Å². The van der Waals surface area contributed by atoms with E-state index in [0.29, 0.717) is 0 Å². The Morgan fingerprint density at radius 2 is 1.92 bits per heavy atom. The molecule has 1 aromatic carbocycles. The number of hydrogen-bond acceptors (Lipinski definition) is 4. The molecule has 24 heavy (non-hydrogen) atoms. The lowest BCUT2D eigenvalue weighted by atomic mass is 10.2. The molecule has 1 aromatic heterocycles. The van der Waals surface area contributed by atoms with Gasteiger partial charge in [-0.15, -0.1) is 0 Å². The van der Waals surface area contributed by atoms with Crippen molar-refractivity contribution in [1.82, 2.24) is 9.78 Å². The molecule has 2 rings (SSSR count). The van der Waals surface area contributed by atoms with Crippen molar-refractivity contribution in [3.05, 3.63) is 52.8 Å². The highest BCUT2D eigenvalue weighted by Gasteiger charge is 2.34. The van der Waals surface area contributed by atoms with Crippen LogP contribution in [0.15, 0.2) is 35.5 Å². The molecular weight excluding hydrogens is 325 g/mol. The molecule has 128 valence electrons. The zero-order valence-electron chi connectivity index (χ0n) is 13.0. The van der Waals surface area contributed by atoms with E-state index in [4.69, 9.17) is 5.73 Å². The van der Waals surface area contributed by atoms with Gasteiger partial charge in [0, 0.05) is 5.69 Å². The van der Waals surface area contributed by atoms with Gasteiger partial charge in [-0.05, 0) is 32.0 Å². The maximum absolute atomic E-state index is 12.6. The summed E-state index contributed by atoms with van der Waals surface area (Å²) in [5.41, 5.74) is 6.07. The highest BCUT2D eigenvalue weighted by Crippen LogP contribution is 2.28. The number of oxime groups is 1. The van der Waals surface area contributed by atoms with Crippen LogP contribution in [0, 0.1) is 13.8 Å². The Morgan fingerprint density at radius 3 is 2.46 bits per heavy atom. The van der Waals surface area contributed by atoms with Crippen LogP contribution in [0.25, 0.3) is 0 Å². The Kier molecular flexibility index (Phi) is 4.91. The number of benzene rings is 1. The van der Waals surface area contributed by atoms with E-state index in [1.54, 1.807) is 24.3 Å². The summed E-state index contributed by atoms with van der Waals surface area (Å²) in [6, 6.07) is 7.49. The van der Waals surface area contributed by atoms with Crippen molar-refractivity contribution >= 4 is 11.8 Å². The molecule has 0 fully saturated rings. The standard InChI is InChI=1S/C15H15F3N4O2/c1-9-3-5-11(6-4-9)14(23)24-21-13(19)8-22-10(2)7-12(20-22)15(16,17)18/h3-7H,8H2,1-2H3,(H2,19,21). The predicted molar refractivity (Wildman–Crippen MR) is 80.2 cm³/mol. The normalized spacial score (nSPS) is 12.3. The first-order valence-electron chi connectivity index (χ1n) is 6.89. The van der Waals surface area contributed by atoms with E-state index < -0.39 is 17.8 Å². The van der Waals surface area contributed by atoms with Crippen LogP contribution in [0.5, 0.6) is 0 Å². The molecule has 0 aliphatic rings. The smallest absolute Gasteiger partial charge is 0.383 e. The number of rotatable bonds is 4. The van der Waals surface area contributed by atoms with E-state index in [-0.39, 0.29) is 23.6 Å². The number of carbonyl (C=O) groups excluding carboxylic acids is 1. The van der Waals surface area contributed by atoms with Crippen molar-refractivity contribution in [2.24, 2.45) is 10.9 Å². The second-order valence-electron chi connectivity index (χ2n) is 5.15. The van der Waals surface area contributed by atoms with E-state index in [9.17, 15) is 18.0 Å². The molecular formula is C15H15F3N4O2. The zero-order chi connectivity index (χ0) is 17.9. The van der Waals surface area contributed by atoms with Gasteiger partial charge in [0.25, 0.3) is 0 Å². The molecule has 0 aliphatic heterocycles. The van der Waals surface area contributed by atoms with E-state index in [0.717, 1.165) is 16.3 Å². The lowest BCUT2D eigenvalue weighted by Crippen LogP contribution is -2.22. The van der Waals surface area contributed by atoms with Gasteiger partial charge in [0.1, 0.15) is 6.54 Å². The Bertz CT molecular complexity index is 764. The minimum Gasteiger partial charge on any atom is -0.383 e. The summed E-state index contributed by atoms with van der Waals surface area (Å²) in [5, 5.41) is 6.84. The van der Waals surface area contributed by atoms with Gasteiger partial charge in [0.2, 0.25) is 0 Å². The zero-order valence-corrected chi connectivity index (χ0v) is 13.0. The highest BCUT2D eigenvalue weighted by molar-refractivity contribution is 5.90. The van der Waals surface area contributed by atoms with Crippen LogP contribution in [0.1, 0.15) is 27.3 Å². The van der Waals surface area contributed by atoms with Crippen molar-refractivity contribution in [2.75, 3.05) is 0 Å². The van der Waals surface area contributed by atoms with Crippen molar-refractivity contribution in [3.8, 4) is 0 Å². The Morgan fingerprint density at radius 1 is 1.29 bits per heavy atom. The van der Waals surface area contributed by atoms with Crippen LogP contribution in [-0.2, 0) is 17.6 Å². The van der Waals surface area contributed by atoms with Gasteiger partial charge in [0.15, 0.2) is 11.5 Å². The van der Waals surface area contributed by atoms with Gasteiger partial charge < -0.3 is 10.6 Å². The minimum atomic E-state index is -4.54. The monoisotopic (exact) mass is 340 g/mol. The fraction of sp³-hybridized carbons (Fsp3) is 0.267. The molecule has 0 saturated heterocycles. The number of amidine groups is 1. The topological polar surface area (TPSA) is 82.5 Å². The van der Waals surface area contributed by atoms with Crippen LogP contribution in [0.2, 0.25) is 0 Å². The van der Waals surface area contributed by atoms with Crippen LogP contribution >= 0.6 is 0 Å². The fourth-order valence-electron chi connectivity index (χ4n) is 1.83. The number of halogens is 3. The molecule has 0 aliphatic carbocycles. The van der Waals surface area contributed by atoms with Crippen molar-refractivity contribution in [3.63, 3.8) is 0 Å². The van der Waals surface area contributed by atoms with E-state index in [1.807, 2.05) is 6.92 Å².